The Bertz CT molecular complexity index is 325. The Morgan fingerprint density at radius 2 is 1.82 bits per heavy atom. The highest BCUT2D eigenvalue weighted by Gasteiger charge is 2.16. The highest BCUT2D eigenvalue weighted by Crippen LogP contribution is 2.17. The minimum Gasteiger partial charge on any atom is -0.391 e. The average molecular weight is 239 g/mol. The molecule has 0 saturated carbocycles. The van der Waals surface area contributed by atoms with Crippen LogP contribution in [0.1, 0.15) is 27.2 Å². The number of rotatable bonds is 6. The first kappa shape index (κ1) is 14.0. The molecule has 0 spiro atoms. The van der Waals surface area contributed by atoms with E-state index in [1.807, 2.05) is 13.8 Å². The quantitative estimate of drug-likeness (QED) is 0.824. The van der Waals surface area contributed by atoms with E-state index in [-0.39, 0.29) is 17.8 Å². The van der Waals surface area contributed by atoms with Crippen LogP contribution in [0.3, 0.4) is 0 Å². The number of halogens is 1. The third-order valence-electron chi connectivity index (χ3n) is 3.28. The molecule has 0 aliphatic carbocycles. The van der Waals surface area contributed by atoms with Gasteiger partial charge in [0.05, 0.1) is 6.10 Å². The highest BCUT2D eigenvalue weighted by molar-refractivity contribution is 5.46. The van der Waals surface area contributed by atoms with Gasteiger partial charge in [-0.1, -0.05) is 20.3 Å². The molecule has 0 amide bonds. The van der Waals surface area contributed by atoms with Crippen LogP contribution >= 0.6 is 0 Å². The van der Waals surface area contributed by atoms with Crippen molar-refractivity contribution < 1.29 is 9.50 Å². The van der Waals surface area contributed by atoms with Crippen LogP contribution in [-0.2, 0) is 0 Å². The van der Waals surface area contributed by atoms with Crippen molar-refractivity contribution in [3.8, 4) is 0 Å². The van der Waals surface area contributed by atoms with Crippen LogP contribution in [0, 0.1) is 11.7 Å². The zero-order chi connectivity index (χ0) is 12.8. The summed E-state index contributed by atoms with van der Waals surface area (Å²) in [6.45, 7) is 7.55. The maximum Gasteiger partial charge on any atom is 0.123 e. The van der Waals surface area contributed by atoms with E-state index < -0.39 is 0 Å². The van der Waals surface area contributed by atoms with Crippen molar-refractivity contribution in [2.45, 2.75) is 33.3 Å². The van der Waals surface area contributed by atoms with E-state index in [4.69, 9.17) is 0 Å². The summed E-state index contributed by atoms with van der Waals surface area (Å²) >= 11 is 0. The Balaban J connectivity index is 2.68. The second-order valence-electron chi connectivity index (χ2n) is 4.47. The molecule has 0 fully saturated rings. The first-order valence-electron chi connectivity index (χ1n) is 6.27. The molecule has 1 aromatic rings. The molecule has 0 aliphatic heterocycles. The molecule has 2 unspecified atom stereocenters. The maximum absolute atomic E-state index is 12.8. The van der Waals surface area contributed by atoms with Crippen molar-refractivity contribution in [2.24, 2.45) is 5.92 Å². The number of hydrogen-bond donors (Lipinski definition) is 1. The van der Waals surface area contributed by atoms with Crippen molar-refractivity contribution in [1.82, 2.24) is 0 Å². The van der Waals surface area contributed by atoms with E-state index >= 15 is 0 Å². The summed E-state index contributed by atoms with van der Waals surface area (Å²) in [7, 11) is 0. The summed E-state index contributed by atoms with van der Waals surface area (Å²) in [5.74, 6) is 0.0526. The molecule has 0 heterocycles. The normalized spacial score (nSPS) is 14.4. The Morgan fingerprint density at radius 1 is 1.24 bits per heavy atom. The van der Waals surface area contributed by atoms with Gasteiger partial charge < -0.3 is 10.0 Å². The van der Waals surface area contributed by atoms with E-state index in [1.54, 1.807) is 12.1 Å². The van der Waals surface area contributed by atoms with Crippen LogP contribution in [0.2, 0.25) is 0 Å². The van der Waals surface area contributed by atoms with Crippen LogP contribution in [0.25, 0.3) is 0 Å². The van der Waals surface area contributed by atoms with Crippen LogP contribution in [0.5, 0.6) is 0 Å². The van der Waals surface area contributed by atoms with Crippen LogP contribution in [0.4, 0.5) is 10.1 Å². The topological polar surface area (TPSA) is 23.5 Å². The molecule has 2 nitrogen and oxygen atoms in total. The fourth-order valence-corrected chi connectivity index (χ4v) is 1.75. The third-order valence-corrected chi connectivity index (χ3v) is 3.28. The Kier molecular flexibility index (Phi) is 5.42. The van der Waals surface area contributed by atoms with Gasteiger partial charge in [-0.2, -0.15) is 0 Å². The molecule has 0 bridgehead atoms. The van der Waals surface area contributed by atoms with Gasteiger partial charge >= 0.3 is 0 Å². The number of aliphatic hydroxyl groups is 1. The SMILES string of the molecule is CCC(C)C(O)CN(CC)c1ccc(F)cc1. The molecule has 0 radical (unpaired) electrons. The Labute approximate surface area is 103 Å². The lowest BCUT2D eigenvalue weighted by atomic mass is 10.0. The summed E-state index contributed by atoms with van der Waals surface area (Å²) in [6, 6.07) is 6.41. The standard InChI is InChI=1S/C14H22FNO/c1-4-11(3)14(17)10-16(5-2)13-8-6-12(15)7-9-13/h6-9,11,14,17H,4-5,10H2,1-3H3. The van der Waals surface area contributed by atoms with Crippen molar-refractivity contribution in [1.29, 1.82) is 0 Å². The first-order valence-corrected chi connectivity index (χ1v) is 6.27. The van der Waals surface area contributed by atoms with Gasteiger partial charge in [-0.15, -0.1) is 0 Å². The minimum atomic E-state index is -0.343. The molecule has 0 aliphatic rings. The number of likely N-dealkylation sites (N-methyl/N-ethyl adjacent to an activating group) is 1. The van der Waals surface area contributed by atoms with Gasteiger partial charge in [-0.05, 0) is 37.1 Å². The maximum atomic E-state index is 12.8. The van der Waals surface area contributed by atoms with Gasteiger partial charge in [0.2, 0.25) is 0 Å². The Hall–Kier alpha value is -1.09. The molecule has 3 heteroatoms. The molecular formula is C14H22FNO. The van der Waals surface area contributed by atoms with Gasteiger partial charge in [0.15, 0.2) is 0 Å². The van der Waals surface area contributed by atoms with Crippen LogP contribution in [-0.4, -0.2) is 24.3 Å². The van der Waals surface area contributed by atoms with Crippen LogP contribution in [0.15, 0.2) is 24.3 Å². The fourth-order valence-electron chi connectivity index (χ4n) is 1.75. The zero-order valence-electron chi connectivity index (χ0n) is 10.9. The number of benzene rings is 1. The van der Waals surface area contributed by atoms with Gasteiger partial charge in [0.1, 0.15) is 5.82 Å². The lowest BCUT2D eigenvalue weighted by molar-refractivity contribution is 0.120. The summed E-state index contributed by atoms with van der Waals surface area (Å²) in [4.78, 5) is 2.07. The largest absolute Gasteiger partial charge is 0.391 e. The average Bonchev–Trinajstić information content (AvgIpc) is 2.35. The van der Waals surface area contributed by atoms with Gasteiger partial charge in [0, 0.05) is 18.8 Å². The van der Waals surface area contributed by atoms with Crippen molar-refractivity contribution in [3.05, 3.63) is 30.1 Å². The fraction of sp³-hybridized carbons (Fsp3) is 0.571. The lowest BCUT2D eigenvalue weighted by Gasteiger charge is -2.28. The first-order chi connectivity index (χ1) is 8.08. The van der Waals surface area contributed by atoms with E-state index in [9.17, 15) is 9.50 Å². The Morgan fingerprint density at radius 3 is 2.29 bits per heavy atom. The molecule has 1 aromatic carbocycles. The second-order valence-corrected chi connectivity index (χ2v) is 4.47. The molecule has 1 rings (SSSR count). The monoisotopic (exact) mass is 239 g/mol. The zero-order valence-corrected chi connectivity index (χ0v) is 10.9. The minimum absolute atomic E-state index is 0.229. The van der Waals surface area contributed by atoms with Crippen molar-refractivity contribution >= 4 is 5.69 Å². The van der Waals surface area contributed by atoms with Crippen LogP contribution < -0.4 is 4.90 Å². The molecule has 1 N–H and O–H groups in total. The molecule has 0 saturated heterocycles. The third kappa shape index (κ3) is 4.00. The second kappa shape index (κ2) is 6.60. The number of hydrogen-bond acceptors (Lipinski definition) is 2. The number of nitrogens with zero attached hydrogens (tertiary/aromatic N) is 1. The lowest BCUT2D eigenvalue weighted by Crippen LogP contribution is -2.35. The molecular weight excluding hydrogens is 217 g/mol. The van der Waals surface area contributed by atoms with Crippen molar-refractivity contribution in [3.63, 3.8) is 0 Å². The van der Waals surface area contributed by atoms with Crippen molar-refractivity contribution in [2.75, 3.05) is 18.0 Å². The van der Waals surface area contributed by atoms with E-state index in [0.29, 0.717) is 6.54 Å². The number of aliphatic hydroxyl groups excluding tert-OH is 1. The summed E-state index contributed by atoms with van der Waals surface area (Å²) in [5, 5.41) is 10.0. The summed E-state index contributed by atoms with van der Waals surface area (Å²) in [6.07, 6.45) is 0.618. The van der Waals surface area contributed by atoms with E-state index in [0.717, 1.165) is 18.7 Å². The summed E-state index contributed by atoms with van der Waals surface area (Å²) < 4.78 is 12.8. The van der Waals surface area contributed by atoms with Gasteiger partial charge in [0.25, 0.3) is 0 Å². The summed E-state index contributed by atoms with van der Waals surface area (Å²) in [5.41, 5.74) is 0.955. The highest BCUT2D eigenvalue weighted by atomic mass is 19.1. The molecule has 17 heavy (non-hydrogen) atoms. The molecule has 2 atom stereocenters. The molecule has 0 aromatic heterocycles. The molecule has 96 valence electrons. The predicted octanol–water partition coefficient (Wildman–Crippen LogP) is 3.06. The van der Waals surface area contributed by atoms with Gasteiger partial charge in [-0.25, -0.2) is 4.39 Å². The van der Waals surface area contributed by atoms with Gasteiger partial charge in [-0.3, -0.25) is 0 Å². The number of anilines is 1. The predicted molar refractivity (Wildman–Crippen MR) is 69.7 cm³/mol. The van der Waals surface area contributed by atoms with E-state index in [2.05, 4.69) is 11.8 Å². The van der Waals surface area contributed by atoms with E-state index in [1.165, 1.54) is 12.1 Å². The smallest absolute Gasteiger partial charge is 0.123 e.